The fourth-order valence-electron chi connectivity index (χ4n) is 2.06. The predicted molar refractivity (Wildman–Crippen MR) is 71.6 cm³/mol. The Morgan fingerprint density at radius 1 is 1.39 bits per heavy atom. The van der Waals surface area contributed by atoms with Gasteiger partial charge in [0.15, 0.2) is 18.5 Å². The van der Waals surface area contributed by atoms with Crippen LogP contribution >= 0.6 is 7.82 Å². The first kappa shape index (κ1) is 19.7. The lowest BCUT2D eigenvalue weighted by Gasteiger charge is -2.13. The number of hydrogen-bond donors (Lipinski definition) is 4. The van der Waals surface area contributed by atoms with Crippen LogP contribution in [0.3, 0.4) is 0 Å². The van der Waals surface area contributed by atoms with Crippen LogP contribution in [-0.2, 0) is 13.8 Å². The summed E-state index contributed by atoms with van der Waals surface area (Å²) in [7, 11) is -4.74. The number of carbonyl (C=O) groups is 1. The van der Waals surface area contributed by atoms with Crippen LogP contribution in [0, 0.1) is 0 Å². The van der Waals surface area contributed by atoms with E-state index in [1.54, 1.807) is 0 Å². The van der Waals surface area contributed by atoms with Crippen LogP contribution in [0.1, 0.15) is 24.0 Å². The molecule has 130 valence electrons. The van der Waals surface area contributed by atoms with Gasteiger partial charge in [-0.15, -0.1) is 0 Å². The number of aromatic carboxylic acids is 1. The van der Waals surface area contributed by atoms with Gasteiger partial charge in [-0.05, 0) is 6.07 Å². The Morgan fingerprint density at radius 3 is 2.61 bits per heavy atom. The lowest BCUT2D eigenvalue weighted by Crippen LogP contribution is -2.46. The van der Waals surface area contributed by atoms with Crippen molar-refractivity contribution in [2.45, 2.75) is 32.0 Å². The summed E-state index contributed by atoms with van der Waals surface area (Å²) in [5.41, 5.74) is -0.164. The summed E-state index contributed by atoms with van der Waals surface area (Å²) < 4.78 is 21.4. The van der Waals surface area contributed by atoms with Crippen molar-refractivity contribution in [2.24, 2.45) is 0 Å². The minimum Gasteiger partial charge on any atom is -0.545 e. The standard InChI is InChI=1S/C11H14NO9P.CH4/c13-8-7(5-20-22(17,18)19)21-10(9(8)14)12-3-1-2-6(4-12)11(15)16;/h1-4,7-10,13-14H,5H2,(H2-,15,16,17,18,19);1H4/t7-,8-,9-,10-;/m1./s1. The summed E-state index contributed by atoms with van der Waals surface area (Å²) in [4.78, 5) is 28.1. The molecule has 0 bridgehead atoms. The largest absolute Gasteiger partial charge is 0.545 e. The van der Waals surface area contributed by atoms with E-state index in [4.69, 9.17) is 14.5 Å². The number of nitrogens with zero attached hydrogens (tertiary/aromatic N) is 1. The molecule has 2 rings (SSSR count). The number of carboxylic acid groups (broad SMARTS) is 1. The Morgan fingerprint density at radius 2 is 2.04 bits per heavy atom. The summed E-state index contributed by atoms with van der Waals surface area (Å²) >= 11 is 0. The molecule has 1 aromatic rings. The second kappa shape index (κ2) is 7.45. The van der Waals surface area contributed by atoms with E-state index in [1.165, 1.54) is 22.9 Å². The van der Waals surface area contributed by atoms with Gasteiger partial charge < -0.3 is 34.6 Å². The molecule has 10 nitrogen and oxygen atoms in total. The zero-order valence-corrected chi connectivity index (χ0v) is 11.9. The molecule has 1 aliphatic rings. The number of aliphatic hydroxyl groups is 2. The topological polar surface area (TPSA) is 160 Å². The molecule has 0 radical (unpaired) electrons. The van der Waals surface area contributed by atoms with E-state index in [-0.39, 0.29) is 13.0 Å². The third kappa shape index (κ3) is 4.79. The van der Waals surface area contributed by atoms with Gasteiger partial charge in [0.2, 0.25) is 0 Å². The lowest BCUT2D eigenvalue weighted by molar-refractivity contribution is -0.765. The molecule has 1 saturated heterocycles. The van der Waals surface area contributed by atoms with E-state index in [1.807, 2.05) is 0 Å². The maximum atomic E-state index is 10.8. The summed E-state index contributed by atoms with van der Waals surface area (Å²) in [5, 5.41) is 30.6. The highest BCUT2D eigenvalue weighted by atomic mass is 31.2. The zero-order chi connectivity index (χ0) is 16.5. The molecule has 2 heterocycles. The molecule has 0 aromatic carbocycles. The maximum Gasteiger partial charge on any atom is 0.469 e. The molecule has 1 aromatic heterocycles. The number of rotatable bonds is 5. The zero-order valence-electron chi connectivity index (χ0n) is 11.1. The van der Waals surface area contributed by atoms with Gasteiger partial charge in [-0.3, -0.25) is 4.52 Å². The van der Waals surface area contributed by atoms with Crippen molar-refractivity contribution >= 4 is 13.8 Å². The van der Waals surface area contributed by atoms with Gasteiger partial charge in [0.25, 0.3) is 6.23 Å². The molecular formula is C12H18NO9P. The second-order valence-electron chi connectivity index (χ2n) is 4.66. The average molecular weight is 351 g/mol. The van der Waals surface area contributed by atoms with Crippen molar-refractivity contribution in [2.75, 3.05) is 6.61 Å². The van der Waals surface area contributed by atoms with E-state index in [9.17, 15) is 24.7 Å². The minimum atomic E-state index is -4.74. The van der Waals surface area contributed by atoms with Crippen molar-refractivity contribution in [3.8, 4) is 0 Å². The van der Waals surface area contributed by atoms with Gasteiger partial charge >= 0.3 is 7.82 Å². The third-order valence-electron chi connectivity index (χ3n) is 3.10. The molecular weight excluding hydrogens is 333 g/mol. The number of carboxylic acids is 1. The first-order chi connectivity index (χ1) is 10.2. The summed E-state index contributed by atoms with van der Waals surface area (Å²) in [6.45, 7) is -0.639. The van der Waals surface area contributed by atoms with Gasteiger partial charge in [0, 0.05) is 6.07 Å². The van der Waals surface area contributed by atoms with Crippen LogP contribution in [0.25, 0.3) is 0 Å². The first-order valence-corrected chi connectivity index (χ1v) is 7.66. The molecule has 0 amide bonds. The molecule has 23 heavy (non-hydrogen) atoms. The third-order valence-corrected chi connectivity index (χ3v) is 3.58. The van der Waals surface area contributed by atoms with Crippen LogP contribution in [0.4, 0.5) is 0 Å². The number of phosphoric acid groups is 1. The molecule has 0 unspecified atom stereocenters. The first-order valence-electron chi connectivity index (χ1n) is 6.13. The molecule has 11 heteroatoms. The van der Waals surface area contributed by atoms with E-state index in [0.29, 0.717) is 0 Å². The van der Waals surface area contributed by atoms with Crippen LogP contribution in [-0.4, -0.2) is 50.9 Å². The number of carbonyl (C=O) groups excluding carboxylic acids is 1. The maximum absolute atomic E-state index is 10.8. The second-order valence-corrected chi connectivity index (χ2v) is 5.90. The molecule has 0 spiro atoms. The Labute approximate surface area is 131 Å². The van der Waals surface area contributed by atoms with E-state index < -0.39 is 44.9 Å². The molecule has 1 aliphatic heterocycles. The molecule has 0 saturated carbocycles. The summed E-state index contributed by atoms with van der Waals surface area (Å²) in [5.74, 6) is -1.43. The molecule has 1 fully saturated rings. The Bertz CT molecular complexity index is 604. The van der Waals surface area contributed by atoms with Crippen molar-refractivity contribution in [3.05, 3.63) is 30.1 Å². The summed E-state index contributed by atoms with van der Waals surface area (Å²) in [6, 6.07) is 2.66. The number of ether oxygens (including phenoxy) is 1. The predicted octanol–water partition coefficient (Wildman–Crippen LogP) is -2.30. The highest BCUT2D eigenvalue weighted by molar-refractivity contribution is 7.46. The number of aromatic nitrogens is 1. The molecule has 0 aliphatic carbocycles. The smallest absolute Gasteiger partial charge is 0.469 e. The highest BCUT2D eigenvalue weighted by Gasteiger charge is 2.48. The Balaban J connectivity index is 0.00000264. The van der Waals surface area contributed by atoms with E-state index in [0.717, 1.165) is 6.20 Å². The van der Waals surface area contributed by atoms with Gasteiger partial charge in [-0.2, -0.15) is 4.57 Å². The van der Waals surface area contributed by atoms with Crippen molar-refractivity contribution in [3.63, 3.8) is 0 Å². The van der Waals surface area contributed by atoms with Crippen molar-refractivity contribution in [1.29, 1.82) is 0 Å². The van der Waals surface area contributed by atoms with Crippen LogP contribution < -0.4 is 9.67 Å². The quantitative estimate of drug-likeness (QED) is 0.338. The van der Waals surface area contributed by atoms with Crippen LogP contribution in [0.15, 0.2) is 24.5 Å². The van der Waals surface area contributed by atoms with E-state index >= 15 is 0 Å². The number of phosphoric ester groups is 1. The molecule has 4 atom stereocenters. The normalized spacial score (nSPS) is 27.5. The SMILES string of the molecule is C.O=C([O-])c1ccc[n+]([C@@H]2O[C@H](COP(=O)(O)O)[C@@H](O)[C@H]2O)c1. The fraction of sp³-hybridized carbons (Fsp3) is 0.500. The van der Waals surface area contributed by atoms with E-state index in [2.05, 4.69) is 4.52 Å². The minimum absolute atomic E-state index is 0. The monoisotopic (exact) mass is 351 g/mol. The Hall–Kier alpha value is -1.39. The van der Waals surface area contributed by atoms with Gasteiger partial charge in [-0.1, -0.05) is 7.43 Å². The fourth-order valence-corrected chi connectivity index (χ4v) is 2.40. The van der Waals surface area contributed by atoms with Gasteiger partial charge in [-0.25, -0.2) is 4.57 Å². The van der Waals surface area contributed by atoms with Crippen LogP contribution in [0.2, 0.25) is 0 Å². The average Bonchev–Trinajstić information content (AvgIpc) is 2.72. The number of pyridine rings is 1. The van der Waals surface area contributed by atoms with Gasteiger partial charge in [0.05, 0.1) is 18.1 Å². The van der Waals surface area contributed by atoms with Crippen LogP contribution in [0.5, 0.6) is 0 Å². The van der Waals surface area contributed by atoms with Gasteiger partial charge in [0.1, 0.15) is 12.2 Å². The molecule has 4 N–H and O–H groups in total. The number of aliphatic hydroxyl groups excluding tert-OH is 2. The Kier molecular flexibility index (Phi) is 6.37. The highest BCUT2D eigenvalue weighted by Crippen LogP contribution is 2.37. The van der Waals surface area contributed by atoms with Crippen molar-refractivity contribution in [1.82, 2.24) is 0 Å². The summed E-state index contributed by atoms with van der Waals surface area (Å²) in [6.07, 6.45) is -2.68. The van der Waals surface area contributed by atoms with Crippen molar-refractivity contribution < 1.29 is 48.3 Å². The number of hydrogen-bond acceptors (Lipinski definition) is 7. The lowest BCUT2D eigenvalue weighted by atomic mass is 10.1.